The van der Waals surface area contributed by atoms with Crippen LogP contribution in [-0.2, 0) is 4.74 Å². The summed E-state index contributed by atoms with van der Waals surface area (Å²) < 4.78 is 4.50. The molecule has 0 saturated carbocycles. The maximum Gasteiger partial charge on any atom is 0.411 e. The van der Waals surface area contributed by atoms with Gasteiger partial charge in [0.1, 0.15) is 5.75 Å². The monoisotopic (exact) mass is 267 g/mol. The zero-order valence-corrected chi connectivity index (χ0v) is 10.8. The molecule has 5 heteroatoms. The average molecular weight is 268 g/mol. The summed E-state index contributed by atoms with van der Waals surface area (Å²) in [6, 6.07) is 4.52. The van der Waals surface area contributed by atoms with E-state index in [1.807, 2.05) is 0 Å². The molecule has 0 unspecified atom stereocenters. The van der Waals surface area contributed by atoms with E-state index in [4.69, 9.17) is 11.6 Å². The normalized spacial score (nSPS) is 9.22. The largest absolute Gasteiger partial charge is 0.508 e. The Morgan fingerprint density at radius 1 is 1.56 bits per heavy atom. The van der Waals surface area contributed by atoms with E-state index < -0.39 is 6.09 Å². The number of unbranched alkanes of at least 4 members (excludes halogenated alkanes) is 1. The Hall–Kier alpha value is -1.86. The van der Waals surface area contributed by atoms with Crippen LogP contribution in [0.3, 0.4) is 0 Å². The highest BCUT2D eigenvalue weighted by molar-refractivity contribution is 6.17. The van der Waals surface area contributed by atoms with E-state index >= 15 is 0 Å². The second kappa shape index (κ2) is 7.46. The van der Waals surface area contributed by atoms with Crippen LogP contribution in [0.2, 0.25) is 0 Å². The van der Waals surface area contributed by atoms with Crippen LogP contribution in [0, 0.1) is 11.8 Å². The second-order valence-electron chi connectivity index (χ2n) is 3.44. The molecule has 1 aromatic rings. The van der Waals surface area contributed by atoms with Crippen LogP contribution in [0.5, 0.6) is 5.75 Å². The van der Waals surface area contributed by atoms with Gasteiger partial charge in [0.15, 0.2) is 0 Å². The number of amides is 1. The number of aromatic hydroxyl groups is 1. The summed E-state index contributed by atoms with van der Waals surface area (Å²) in [7, 11) is 1.28. The first-order valence-corrected chi connectivity index (χ1v) is 5.93. The van der Waals surface area contributed by atoms with Crippen molar-refractivity contribution in [3.63, 3.8) is 0 Å². The van der Waals surface area contributed by atoms with Gasteiger partial charge in [-0.3, -0.25) is 5.32 Å². The predicted octanol–water partition coefficient (Wildman–Crippen LogP) is 2.94. The molecule has 1 rings (SSSR count). The fourth-order valence-electron chi connectivity index (χ4n) is 1.22. The summed E-state index contributed by atoms with van der Waals surface area (Å²) in [5, 5.41) is 11.9. The fourth-order valence-corrected chi connectivity index (χ4v) is 1.35. The molecule has 0 aromatic heterocycles. The first-order valence-electron chi connectivity index (χ1n) is 5.40. The minimum atomic E-state index is -0.579. The van der Waals surface area contributed by atoms with E-state index in [1.165, 1.54) is 19.2 Å². The number of methoxy groups -OCH3 is 1. The third-order valence-corrected chi connectivity index (χ3v) is 2.35. The molecule has 0 heterocycles. The molecule has 1 aromatic carbocycles. The number of carbonyl (C=O) groups excluding carboxylic acids is 1. The molecule has 18 heavy (non-hydrogen) atoms. The highest BCUT2D eigenvalue weighted by Crippen LogP contribution is 2.20. The van der Waals surface area contributed by atoms with Gasteiger partial charge >= 0.3 is 6.09 Å². The summed E-state index contributed by atoms with van der Waals surface area (Å²) >= 11 is 5.55. The molecular formula is C13H14ClNO3. The van der Waals surface area contributed by atoms with Crippen molar-refractivity contribution >= 4 is 23.4 Å². The lowest BCUT2D eigenvalue weighted by molar-refractivity contribution is 0.187. The van der Waals surface area contributed by atoms with Crippen LogP contribution in [0.15, 0.2) is 18.2 Å². The zero-order valence-electron chi connectivity index (χ0n) is 10.00. The molecule has 4 nitrogen and oxygen atoms in total. The number of benzene rings is 1. The maximum absolute atomic E-state index is 11.1. The van der Waals surface area contributed by atoms with Crippen molar-refractivity contribution < 1.29 is 14.6 Å². The molecule has 0 spiro atoms. The molecule has 0 radical (unpaired) electrons. The molecule has 0 aliphatic rings. The van der Waals surface area contributed by atoms with E-state index in [1.54, 1.807) is 6.07 Å². The SMILES string of the molecule is COC(=O)Nc1ccc(O)cc1C#CCCCCl. The number of ether oxygens (including phenoxy) is 1. The Labute approximate surface area is 111 Å². The van der Waals surface area contributed by atoms with Gasteiger partial charge in [-0.15, -0.1) is 11.6 Å². The molecule has 0 saturated heterocycles. The maximum atomic E-state index is 11.1. The zero-order chi connectivity index (χ0) is 13.4. The Kier molecular flexibility index (Phi) is 5.89. The third kappa shape index (κ3) is 4.56. The summed E-state index contributed by atoms with van der Waals surface area (Å²) in [6.45, 7) is 0. The van der Waals surface area contributed by atoms with Crippen LogP contribution in [-0.4, -0.2) is 24.2 Å². The van der Waals surface area contributed by atoms with Gasteiger partial charge in [0.05, 0.1) is 18.4 Å². The standard InChI is InChI=1S/C13H14ClNO3/c1-18-13(17)15-12-7-6-11(16)9-10(12)5-3-2-4-8-14/h6-7,9,16H,2,4,8H2,1H3,(H,15,17). The summed E-state index contributed by atoms with van der Waals surface area (Å²) in [5.74, 6) is 6.45. The van der Waals surface area contributed by atoms with Gasteiger partial charge in [-0.05, 0) is 24.6 Å². The first kappa shape index (κ1) is 14.2. The number of hydrogen-bond acceptors (Lipinski definition) is 3. The molecular weight excluding hydrogens is 254 g/mol. The Balaban J connectivity index is 2.88. The van der Waals surface area contributed by atoms with Crippen molar-refractivity contribution in [2.45, 2.75) is 12.8 Å². The van der Waals surface area contributed by atoms with Gasteiger partial charge in [-0.2, -0.15) is 0 Å². The van der Waals surface area contributed by atoms with E-state index in [0.29, 0.717) is 23.6 Å². The number of carbonyl (C=O) groups is 1. The van der Waals surface area contributed by atoms with Crippen molar-refractivity contribution in [3.8, 4) is 17.6 Å². The number of alkyl halides is 1. The van der Waals surface area contributed by atoms with Crippen molar-refractivity contribution in [2.75, 3.05) is 18.3 Å². The smallest absolute Gasteiger partial charge is 0.411 e. The van der Waals surface area contributed by atoms with Crippen LogP contribution >= 0.6 is 11.6 Å². The van der Waals surface area contributed by atoms with Gasteiger partial charge in [0.25, 0.3) is 0 Å². The van der Waals surface area contributed by atoms with Gasteiger partial charge in [-0.1, -0.05) is 11.8 Å². The quantitative estimate of drug-likeness (QED) is 0.383. The molecule has 0 bridgehead atoms. The number of hydrogen-bond donors (Lipinski definition) is 2. The van der Waals surface area contributed by atoms with Gasteiger partial charge in [0.2, 0.25) is 0 Å². The lowest BCUT2D eigenvalue weighted by Crippen LogP contribution is -2.11. The van der Waals surface area contributed by atoms with Crippen molar-refractivity contribution in [1.82, 2.24) is 0 Å². The lowest BCUT2D eigenvalue weighted by Gasteiger charge is -2.06. The average Bonchev–Trinajstić information content (AvgIpc) is 2.37. The van der Waals surface area contributed by atoms with Crippen molar-refractivity contribution in [2.24, 2.45) is 0 Å². The molecule has 0 atom stereocenters. The number of phenolic OH excluding ortho intramolecular Hbond substituents is 1. The highest BCUT2D eigenvalue weighted by Gasteiger charge is 2.05. The molecule has 0 fully saturated rings. The van der Waals surface area contributed by atoms with E-state index in [0.717, 1.165) is 6.42 Å². The fraction of sp³-hybridized carbons (Fsp3) is 0.308. The Bertz CT molecular complexity index is 477. The highest BCUT2D eigenvalue weighted by atomic mass is 35.5. The molecule has 0 aliphatic carbocycles. The Morgan fingerprint density at radius 2 is 2.33 bits per heavy atom. The summed E-state index contributed by atoms with van der Waals surface area (Å²) in [4.78, 5) is 11.1. The number of halogens is 1. The minimum absolute atomic E-state index is 0.0899. The lowest BCUT2D eigenvalue weighted by atomic mass is 10.1. The number of phenols is 1. The first-order chi connectivity index (χ1) is 8.67. The van der Waals surface area contributed by atoms with E-state index in [-0.39, 0.29) is 5.75 Å². The van der Waals surface area contributed by atoms with Crippen LogP contribution in [0.4, 0.5) is 10.5 Å². The van der Waals surface area contributed by atoms with E-state index in [2.05, 4.69) is 21.9 Å². The summed E-state index contributed by atoms with van der Waals surface area (Å²) in [6.07, 6.45) is 0.883. The second-order valence-corrected chi connectivity index (χ2v) is 3.82. The summed E-state index contributed by atoms with van der Waals surface area (Å²) in [5.41, 5.74) is 1.04. The minimum Gasteiger partial charge on any atom is -0.508 e. The van der Waals surface area contributed by atoms with Gasteiger partial charge in [0, 0.05) is 12.3 Å². The number of rotatable bonds is 3. The Morgan fingerprint density at radius 3 is 3.00 bits per heavy atom. The topological polar surface area (TPSA) is 58.6 Å². The number of anilines is 1. The van der Waals surface area contributed by atoms with Crippen molar-refractivity contribution in [3.05, 3.63) is 23.8 Å². The van der Waals surface area contributed by atoms with Gasteiger partial charge < -0.3 is 9.84 Å². The molecule has 2 N–H and O–H groups in total. The van der Waals surface area contributed by atoms with Crippen LogP contribution in [0.1, 0.15) is 18.4 Å². The predicted molar refractivity (Wildman–Crippen MR) is 71.0 cm³/mol. The third-order valence-electron chi connectivity index (χ3n) is 2.08. The molecule has 0 aliphatic heterocycles. The van der Waals surface area contributed by atoms with Gasteiger partial charge in [-0.25, -0.2) is 4.79 Å². The molecule has 1 amide bonds. The molecule has 96 valence electrons. The van der Waals surface area contributed by atoms with Crippen LogP contribution < -0.4 is 5.32 Å². The van der Waals surface area contributed by atoms with E-state index in [9.17, 15) is 9.90 Å². The van der Waals surface area contributed by atoms with Crippen molar-refractivity contribution in [1.29, 1.82) is 0 Å². The van der Waals surface area contributed by atoms with Crippen LogP contribution in [0.25, 0.3) is 0 Å². The number of nitrogens with one attached hydrogen (secondary N) is 1.